The van der Waals surface area contributed by atoms with Gasteiger partial charge in [-0.25, -0.2) is 0 Å². The fourth-order valence-corrected chi connectivity index (χ4v) is 11.4. The van der Waals surface area contributed by atoms with Crippen LogP contribution in [0.15, 0.2) is 209 Å². The molecule has 74 heavy (non-hydrogen) atoms. The van der Waals surface area contributed by atoms with Crippen LogP contribution in [0.5, 0.6) is 0 Å². The maximum Gasteiger partial charge on any atom is 0.154 e. The number of para-hydroxylation sites is 2. The molecule has 0 saturated heterocycles. The highest BCUT2D eigenvalue weighted by molar-refractivity contribution is 6.28. The van der Waals surface area contributed by atoms with Gasteiger partial charge in [-0.05, 0) is 179 Å². The van der Waals surface area contributed by atoms with E-state index in [4.69, 9.17) is 8.83 Å². The van der Waals surface area contributed by atoms with Gasteiger partial charge >= 0.3 is 0 Å². The lowest BCUT2D eigenvalue weighted by molar-refractivity contribution is 0.662. The van der Waals surface area contributed by atoms with E-state index in [1.807, 2.05) is 6.07 Å². The van der Waals surface area contributed by atoms with Gasteiger partial charge in [0.25, 0.3) is 0 Å². The van der Waals surface area contributed by atoms with E-state index in [2.05, 4.69) is 252 Å². The number of benzene rings is 11. The molecular formula is C69H51N3O2. The number of furan rings is 2. The van der Waals surface area contributed by atoms with Gasteiger partial charge < -0.3 is 18.6 Å². The number of nitrogens with zero attached hydrogens (tertiary/aromatic N) is 3. The largest absolute Gasteiger partial charge is 0.456 e. The predicted molar refractivity (Wildman–Crippen MR) is 309 cm³/mol. The van der Waals surface area contributed by atoms with E-state index in [0.717, 1.165) is 93.9 Å². The Kier molecular flexibility index (Phi) is 10.5. The Balaban J connectivity index is 0.964. The Morgan fingerprint density at radius 3 is 1.28 bits per heavy atom. The van der Waals surface area contributed by atoms with Gasteiger partial charge in [0.2, 0.25) is 0 Å². The Morgan fingerprint density at radius 1 is 0.351 bits per heavy atom. The third kappa shape index (κ3) is 7.29. The van der Waals surface area contributed by atoms with Gasteiger partial charge in [-0.3, -0.25) is 0 Å². The summed E-state index contributed by atoms with van der Waals surface area (Å²) in [7, 11) is 0. The van der Waals surface area contributed by atoms with Gasteiger partial charge in [0.1, 0.15) is 22.8 Å². The number of nitriles is 1. The monoisotopic (exact) mass is 953 g/mol. The van der Waals surface area contributed by atoms with Gasteiger partial charge in [0, 0.05) is 50.4 Å². The number of anilines is 6. The van der Waals surface area contributed by atoms with E-state index in [1.165, 1.54) is 44.5 Å². The van der Waals surface area contributed by atoms with E-state index in [-0.39, 0.29) is 0 Å². The van der Waals surface area contributed by atoms with Crippen molar-refractivity contribution in [2.75, 3.05) is 9.80 Å². The molecule has 2 aromatic heterocycles. The van der Waals surface area contributed by atoms with Crippen molar-refractivity contribution in [1.29, 1.82) is 5.26 Å². The summed E-state index contributed by atoms with van der Waals surface area (Å²) in [5.41, 5.74) is 21.6. The van der Waals surface area contributed by atoms with Crippen molar-refractivity contribution in [1.82, 2.24) is 0 Å². The molecule has 13 rings (SSSR count). The average molecular weight is 954 g/mol. The van der Waals surface area contributed by atoms with Crippen molar-refractivity contribution < 1.29 is 8.83 Å². The summed E-state index contributed by atoms with van der Waals surface area (Å²) >= 11 is 0. The van der Waals surface area contributed by atoms with Crippen LogP contribution >= 0.6 is 0 Å². The van der Waals surface area contributed by atoms with Crippen molar-refractivity contribution >= 4 is 99.5 Å². The van der Waals surface area contributed by atoms with Crippen LogP contribution in [-0.4, -0.2) is 0 Å². The van der Waals surface area contributed by atoms with Gasteiger partial charge in [0.05, 0.1) is 16.9 Å². The fraction of sp³-hybridized carbons (Fsp3) is 0.0870. The lowest BCUT2D eigenvalue weighted by Gasteiger charge is -2.30. The molecule has 0 aliphatic carbocycles. The molecule has 0 fully saturated rings. The smallest absolute Gasteiger partial charge is 0.154 e. The standard InChI is InChI=1S/C69H51N3O2/c1-41-23-25-51(47-19-9-7-10-20-47)35-60(41)71(67-43(3)15-13-16-44(67)4)56-29-27-49-33-58-62(37-53(49)31-56)73-64-39-55(40-70)69-66(65(58)64)59-34-50-28-30-57(32-54(50)38-63(59)74-69)72(68-45(5)17-14-18-46(68)6)61-36-52(26-24-42(61)2)48-21-11-8-12-22-48/h7-39H,1-6H3. The van der Waals surface area contributed by atoms with E-state index in [0.29, 0.717) is 22.3 Å². The zero-order valence-corrected chi connectivity index (χ0v) is 42.2. The predicted octanol–water partition coefficient (Wildman–Crippen LogP) is 19.8. The molecule has 0 saturated carbocycles. The second-order valence-corrected chi connectivity index (χ2v) is 20.0. The molecule has 0 spiro atoms. The second-order valence-electron chi connectivity index (χ2n) is 20.0. The molecule has 11 aromatic carbocycles. The molecule has 0 bridgehead atoms. The molecule has 2 heterocycles. The molecule has 0 radical (unpaired) electrons. The van der Waals surface area contributed by atoms with Crippen LogP contribution in [0, 0.1) is 52.9 Å². The van der Waals surface area contributed by atoms with Crippen LogP contribution in [0.2, 0.25) is 0 Å². The maximum atomic E-state index is 10.7. The number of hydrogen-bond donors (Lipinski definition) is 0. The molecule has 0 amide bonds. The van der Waals surface area contributed by atoms with Crippen LogP contribution in [-0.2, 0) is 0 Å². The topological polar surface area (TPSA) is 56.6 Å². The molecule has 0 aliphatic heterocycles. The van der Waals surface area contributed by atoms with Gasteiger partial charge in [-0.2, -0.15) is 5.26 Å². The summed E-state index contributed by atoms with van der Waals surface area (Å²) in [5, 5.41) is 18.6. The number of fused-ring (bicyclic) bond motifs is 9. The molecule has 354 valence electrons. The van der Waals surface area contributed by atoms with Gasteiger partial charge in [0.15, 0.2) is 5.58 Å². The SMILES string of the molecule is Cc1ccc(-c2ccccc2)cc1N(c1ccc2cc3c(cc2c1)oc1cc(C#N)c2oc4cc5cc(N(c6cc(-c7ccccc7)ccc6C)c6c(C)cccc6C)ccc5cc4c2c13)c1c(C)cccc1C. The molecule has 0 atom stereocenters. The Bertz CT molecular complexity index is 4420. The molecule has 0 aliphatic rings. The number of aryl methyl sites for hydroxylation is 6. The molecular weight excluding hydrogens is 903 g/mol. The zero-order valence-electron chi connectivity index (χ0n) is 42.2. The average Bonchev–Trinajstić information content (AvgIpc) is 4.00. The van der Waals surface area contributed by atoms with Crippen LogP contribution in [0.25, 0.3) is 87.7 Å². The third-order valence-electron chi connectivity index (χ3n) is 15.1. The van der Waals surface area contributed by atoms with Crippen LogP contribution in [0.1, 0.15) is 38.9 Å². The lowest BCUT2D eigenvalue weighted by atomic mass is 9.98. The lowest BCUT2D eigenvalue weighted by Crippen LogP contribution is -2.14. The van der Waals surface area contributed by atoms with E-state index in [1.54, 1.807) is 0 Å². The van der Waals surface area contributed by atoms with Crippen molar-refractivity contribution in [3.63, 3.8) is 0 Å². The normalized spacial score (nSPS) is 11.6. The quantitative estimate of drug-likeness (QED) is 0.152. The van der Waals surface area contributed by atoms with Crippen molar-refractivity contribution in [2.45, 2.75) is 41.5 Å². The molecule has 5 nitrogen and oxygen atoms in total. The van der Waals surface area contributed by atoms with Crippen LogP contribution < -0.4 is 9.80 Å². The highest BCUT2D eigenvalue weighted by atomic mass is 16.3. The minimum absolute atomic E-state index is 0.437. The Labute approximate surface area is 430 Å². The highest BCUT2D eigenvalue weighted by Gasteiger charge is 2.25. The summed E-state index contributed by atoms with van der Waals surface area (Å²) in [6, 6.07) is 74.1. The number of hydrogen-bond acceptors (Lipinski definition) is 5. The first kappa shape index (κ1) is 44.6. The summed E-state index contributed by atoms with van der Waals surface area (Å²) in [6.07, 6.45) is 0. The minimum Gasteiger partial charge on any atom is -0.456 e. The zero-order chi connectivity index (χ0) is 50.4. The molecule has 0 unspecified atom stereocenters. The second kappa shape index (κ2) is 17.4. The first-order chi connectivity index (χ1) is 36.1. The van der Waals surface area contributed by atoms with Crippen molar-refractivity contribution in [3.05, 3.63) is 239 Å². The van der Waals surface area contributed by atoms with Crippen LogP contribution in [0.3, 0.4) is 0 Å². The first-order valence-electron chi connectivity index (χ1n) is 25.3. The summed E-state index contributed by atoms with van der Waals surface area (Å²) in [5.74, 6) is 0. The molecule has 5 heteroatoms. The van der Waals surface area contributed by atoms with Gasteiger partial charge in [-0.1, -0.05) is 133 Å². The number of rotatable bonds is 8. The van der Waals surface area contributed by atoms with Gasteiger partial charge in [-0.15, -0.1) is 0 Å². The highest BCUT2D eigenvalue weighted by Crippen LogP contribution is 2.48. The van der Waals surface area contributed by atoms with E-state index in [9.17, 15) is 5.26 Å². The van der Waals surface area contributed by atoms with Crippen molar-refractivity contribution in [3.8, 4) is 28.3 Å². The van der Waals surface area contributed by atoms with Crippen LogP contribution in [0.4, 0.5) is 34.1 Å². The first-order valence-corrected chi connectivity index (χ1v) is 25.3. The molecule has 0 N–H and O–H groups in total. The summed E-state index contributed by atoms with van der Waals surface area (Å²) in [6.45, 7) is 13.1. The maximum absolute atomic E-state index is 10.7. The fourth-order valence-electron chi connectivity index (χ4n) is 11.4. The van der Waals surface area contributed by atoms with Crippen molar-refractivity contribution in [2.24, 2.45) is 0 Å². The third-order valence-corrected chi connectivity index (χ3v) is 15.1. The summed E-state index contributed by atoms with van der Waals surface area (Å²) in [4.78, 5) is 4.82. The summed E-state index contributed by atoms with van der Waals surface area (Å²) < 4.78 is 13.6. The Morgan fingerprint density at radius 2 is 0.811 bits per heavy atom. The van der Waals surface area contributed by atoms with E-state index >= 15 is 0 Å². The minimum atomic E-state index is 0.437. The molecule has 13 aromatic rings. The Hall–Kier alpha value is -9.37. The van der Waals surface area contributed by atoms with E-state index < -0.39 is 0 Å².